The number of hydrogen-bond donors (Lipinski definition) is 0. The van der Waals surface area contributed by atoms with E-state index in [0.29, 0.717) is 22.0 Å². The molecular weight excluding hydrogens is 402 g/mol. The molecule has 0 N–H and O–H groups in total. The number of Topliss-reactive ketones (excluding diaryl/α,β-unsaturated/α-hetero) is 1. The van der Waals surface area contributed by atoms with Gasteiger partial charge in [-0.05, 0) is 62.1 Å². The Labute approximate surface area is 181 Å². The lowest BCUT2D eigenvalue weighted by Crippen LogP contribution is -2.31. The fourth-order valence-corrected chi connectivity index (χ4v) is 4.49. The molecule has 4 rings (SSSR count). The lowest BCUT2D eigenvalue weighted by Gasteiger charge is -2.19. The van der Waals surface area contributed by atoms with E-state index in [0.717, 1.165) is 36.8 Å². The fourth-order valence-electron chi connectivity index (χ4n) is 4.33. The summed E-state index contributed by atoms with van der Waals surface area (Å²) in [7, 11) is 0. The number of ether oxygens (including phenoxy) is 1. The van der Waals surface area contributed by atoms with Crippen LogP contribution < -0.4 is 9.64 Å². The van der Waals surface area contributed by atoms with Crippen LogP contribution in [0.1, 0.15) is 47.2 Å². The third kappa shape index (κ3) is 3.74. The van der Waals surface area contributed by atoms with Gasteiger partial charge in [-0.3, -0.25) is 14.4 Å². The maximum atomic E-state index is 13.0. The van der Waals surface area contributed by atoms with E-state index in [1.807, 2.05) is 26.0 Å². The first-order valence-electron chi connectivity index (χ1n) is 10.3. The van der Waals surface area contributed by atoms with Crippen molar-refractivity contribution in [2.24, 2.45) is 11.8 Å². The second kappa shape index (κ2) is 8.23. The third-order valence-electron chi connectivity index (χ3n) is 6.19. The number of halogens is 1. The Morgan fingerprint density at radius 3 is 2.30 bits per heavy atom. The molecule has 156 valence electrons. The number of fused-ring (bicyclic) bond motifs is 1. The van der Waals surface area contributed by atoms with Gasteiger partial charge in [0.25, 0.3) is 0 Å². The summed E-state index contributed by atoms with van der Waals surface area (Å²) in [4.78, 5) is 39.8. The second-order valence-electron chi connectivity index (χ2n) is 8.13. The molecule has 2 aromatic carbocycles. The first-order valence-corrected chi connectivity index (χ1v) is 10.6. The van der Waals surface area contributed by atoms with Crippen LogP contribution in [0.3, 0.4) is 0 Å². The Bertz CT molecular complexity index is 1010. The second-order valence-corrected chi connectivity index (χ2v) is 8.57. The smallest absolute Gasteiger partial charge is 0.237 e. The van der Waals surface area contributed by atoms with Crippen molar-refractivity contribution < 1.29 is 19.1 Å². The van der Waals surface area contributed by atoms with Crippen molar-refractivity contribution in [3.63, 3.8) is 0 Å². The predicted octanol–water partition coefficient (Wildman–Crippen LogP) is 4.90. The molecule has 0 unspecified atom stereocenters. The van der Waals surface area contributed by atoms with Gasteiger partial charge in [0.1, 0.15) is 5.75 Å². The van der Waals surface area contributed by atoms with Gasteiger partial charge in [-0.15, -0.1) is 0 Å². The molecule has 2 amide bonds. The standard InChI is InChI=1S/C24H24ClNO4/c1-14-7-8-16(11-15(14)2)21(27)13-30-22-10-9-17(25)12-20(22)26-23(28)18-5-3-4-6-19(18)24(26)29/h7-12,18-19H,3-6,13H2,1-2H3/t18-,19-/m1/s1. The van der Waals surface area contributed by atoms with E-state index < -0.39 is 0 Å². The van der Waals surface area contributed by atoms with Gasteiger partial charge >= 0.3 is 0 Å². The summed E-state index contributed by atoms with van der Waals surface area (Å²) in [5.41, 5.74) is 3.02. The van der Waals surface area contributed by atoms with Gasteiger partial charge in [0.2, 0.25) is 11.8 Å². The molecule has 2 fully saturated rings. The van der Waals surface area contributed by atoms with Crippen LogP contribution >= 0.6 is 11.6 Å². The van der Waals surface area contributed by atoms with Crippen LogP contribution in [-0.2, 0) is 9.59 Å². The van der Waals surface area contributed by atoms with Gasteiger partial charge in [-0.1, -0.05) is 36.6 Å². The number of ketones is 1. The van der Waals surface area contributed by atoms with Gasteiger partial charge in [0.05, 0.1) is 17.5 Å². The molecule has 2 aromatic rings. The summed E-state index contributed by atoms with van der Waals surface area (Å²) in [6.45, 7) is 3.75. The van der Waals surface area contributed by atoms with Crippen molar-refractivity contribution in [1.82, 2.24) is 0 Å². The third-order valence-corrected chi connectivity index (χ3v) is 6.43. The number of carbonyl (C=O) groups excluding carboxylic acids is 3. The molecule has 1 saturated heterocycles. The molecule has 5 nitrogen and oxygen atoms in total. The fraction of sp³-hybridized carbons (Fsp3) is 0.375. The minimum atomic E-state index is -0.268. The molecule has 0 aromatic heterocycles. The van der Waals surface area contributed by atoms with Gasteiger partial charge < -0.3 is 4.74 Å². The maximum Gasteiger partial charge on any atom is 0.237 e. The summed E-state index contributed by atoms with van der Waals surface area (Å²) < 4.78 is 5.79. The lowest BCUT2D eigenvalue weighted by atomic mass is 9.81. The molecule has 0 bridgehead atoms. The van der Waals surface area contributed by atoms with Gasteiger partial charge in [-0.25, -0.2) is 4.90 Å². The highest BCUT2D eigenvalue weighted by Gasteiger charge is 2.49. The van der Waals surface area contributed by atoms with Crippen molar-refractivity contribution in [3.05, 3.63) is 58.1 Å². The highest BCUT2D eigenvalue weighted by molar-refractivity contribution is 6.31. The van der Waals surface area contributed by atoms with E-state index in [1.165, 1.54) is 4.90 Å². The number of nitrogens with zero attached hydrogens (tertiary/aromatic N) is 1. The van der Waals surface area contributed by atoms with Gasteiger partial charge in [0.15, 0.2) is 12.4 Å². The molecule has 0 spiro atoms. The number of imide groups is 1. The minimum absolute atomic E-state index is 0.174. The molecule has 0 radical (unpaired) electrons. The predicted molar refractivity (Wildman–Crippen MR) is 115 cm³/mol. The van der Waals surface area contributed by atoms with Crippen molar-refractivity contribution >= 4 is 34.9 Å². The summed E-state index contributed by atoms with van der Waals surface area (Å²) in [6.07, 6.45) is 3.37. The zero-order chi connectivity index (χ0) is 21.4. The average Bonchev–Trinajstić information content (AvgIpc) is 2.99. The number of hydrogen-bond acceptors (Lipinski definition) is 4. The summed E-state index contributed by atoms with van der Waals surface area (Å²) in [5, 5.41) is 0.397. The van der Waals surface area contributed by atoms with Crippen molar-refractivity contribution in [2.75, 3.05) is 11.5 Å². The van der Waals surface area contributed by atoms with E-state index >= 15 is 0 Å². The lowest BCUT2D eigenvalue weighted by molar-refractivity contribution is -0.122. The highest BCUT2D eigenvalue weighted by Crippen LogP contribution is 2.43. The van der Waals surface area contributed by atoms with Gasteiger partial charge in [-0.2, -0.15) is 0 Å². The van der Waals surface area contributed by atoms with Crippen LogP contribution in [0.5, 0.6) is 5.75 Å². The molecular formula is C24H24ClNO4. The van der Waals surface area contributed by atoms with E-state index in [9.17, 15) is 14.4 Å². The zero-order valence-corrected chi connectivity index (χ0v) is 17.9. The van der Waals surface area contributed by atoms with E-state index in [-0.39, 0.29) is 36.0 Å². The van der Waals surface area contributed by atoms with Crippen LogP contribution in [0.25, 0.3) is 0 Å². The number of anilines is 1. The Kier molecular flexibility index (Phi) is 5.65. The van der Waals surface area contributed by atoms with Crippen LogP contribution in [0.4, 0.5) is 5.69 Å². The number of aryl methyl sites for hydroxylation is 2. The number of amides is 2. The molecule has 1 saturated carbocycles. The quantitative estimate of drug-likeness (QED) is 0.505. The van der Waals surface area contributed by atoms with Crippen LogP contribution in [-0.4, -0.2) is 24.2 Å². The minimum Gasteiger partial charge on any atom is -0.483 e. The highest BCUT2D eigenvalue weighted by atomic mass is 35.5. The van der Waals surface area contributed by atoms with E-state index in [4.69, 9.17) is 16.3 Å². The van der Waals surface area contributed by atoms with Gasteiger partial charge in [0, 0.05) is 10.6 Å². The van der Waals surface area contributed by atoms with Crippen LogP contribution in [0.2, 0.25) is 5.02 Å². The molecule has 30 heavy (non-hydrogen) atoms. The number of benzene rings is 2. The normalized spacial score (nSPS) is 21.0. The topological polar surface area (TPSA) is 63.7 Å². The Balaban J connectivity index is 1.58. The first-order chi connectivity index (χ1) is 14.4. The maximum absolute atomic E-state index is 13.0. The van der Waals surface area contributed by atoms with Crippen molar-refractivity contribution in [2.45, 2.75) is 39.5 Å². The Morgan fingerprint density at radius 1 is 1.00 bits per heavy atom. The summed E-state index contributed by atoms with van der Waals surface area (Å²) >= 11 is 6.16. The molecule has 1 heterocycles. The molecule has 6 heteroatoms. The van der Waals surface area contributed by atoms with E-state index in [2.05, 4.69) is 0 Å². The average molecular weight is 426 g/mol. The Morgan fingerprint density at radius 2 is 1.67 bits per heavy atom. The van der Waals surface area contributed by atoms with E-state index in [1.54, 1.807) is 24.3 Å². The van der Waals surface area contributed by atoms with Crippen molar-refractivity contribution in [3.8, 4) is 5.75 Å². The van der Waals surface area contributed by atoms with Crippen molar-refractivity contribution in [1.29, 1.82) is 0 Å². The first kappa shape index (κ1) is 20.6. The zero-order valence-electron chi connectivity index (χ0n) is 17.1. The summed E-state index contributed by atoms with van der Waals surface area (Å²) in [6, 6.07) is 10.3. The molecule has 1 aliphatic heterocycles. The van der Waals surface area contributed by atoms with Crippen LogP contribution in [0.15, 0.2) is 36.4 Å². The Hall–Kier alpha value is -2.66. The molecule has 2 atom stereocenters. The SMILES string of the molecule is Cc1ccc(C(=O)COc2ccc(Cl)cc2N2C(=O)[C@@H]3CCCC[C@H]3C2=O)cc1C. The monoisotopic (exact) mass is 425 g/mol. The molecule has 2 aliphatic rings. The number of rotatable bonds is 5. The summed E-state index contributed by atoms with van der Waals surface area (Å²) in [5.74, 6) is -0.802. The molecule has 1 aliphatic carbocycles. The van der Waals surface area contributed by atoms with Crippen LogP contribution in [0, 0.1) is 25.7 Å². The number of carbonyl (C=O) groups is 3. The largest absolute Gasteiger partial charge is 0.483 e.